The third-order valence-corrected chi connectivity index (χ3v) is 6.50. The number of nitrogens with zero attached hydrogens (tertiary/aromatic N) is 1. The minimum Gasteiger partial charge on any atom is -0.336 e. The van der Waals surface area contributed by atoms with Crippen molar-refractivity contribution in [3.63, 3.8) is 0 Å². The molecule has 0 saturated carbocycles. The molecule has 0 saturated heterocycles. The Bertz CT molecular complexity index is 1390. The zero-order chi connectivity index (χ0) is 19.4. The molecule has 0 spiro atoms. The van der Waals surface area contributed by atoms with Crippen LogP contribution in [0.25, 0.3) is 32.9 Å². The van der Waals surface area contributed by atoms with Crippen molar-refractivity contribution in [1.29, 1.82) is 0 Å². The van der Waals surface area contributed by atoms with Gasteiger partial charge in [-0.25, -0.2) is 0 Å². The molecule has 1 nitrogen and oxygen atoms in total. The maximum atomic E-state index is 2.51. The van der Waals surface area contributed by atoms with Crippen LogP contribution in [0.5, 0.6) is 0 Å². The summed E-state index contributed by atoms with van der Waals surface area (Å²) in [7, 11) is 0. The molecule has 0 unspecified atom stereocenters. The minimum atomic E-state index is 0.898. The molecule has 29 heavy (non-hydrogen) atoms. The fourth-order valence-corrected chi connectivity index (χ4v) is 5.21. The van der Waals surface area contributed by atoms with E-state index in [0.717, 1.165) is 19.4 Å². The molecule has 4 aromatic carbocycles. The largest absolute Gasteiger partial charge is 0.336 e. The molecule has 1 aliphatic carbocycles. The summed E-state index contributed by atoms with van der Waals surface area (Å²) in [6.07, 6.45) is 2.10. The van der Waals surface area contributed by atoms with E-state index in [1.54, 1.807) is 0 Å². The van der Waals surface area contributed by atoms with E-state index in [1.165, 1.54) is 55.2 Å². The predicted molar refractivity (Wildman–Crippen MR) is 123 cm³/mol. The predicted octanol–water partition coefficient (Wildman–Crippen LogP) is 6.98. The second kappa shape index (κ2) is 6.35. The summed E-state index contributed by atoms with van der Waals surface area (Å²) in [6.45, 7) is 3.15. The molecule has 0 atom stereocenters. The molecule has 0 aliphatic heterocycles. The van der Waals surface area contributed by atoms with Crippen molar-refractivity contribution >= 4 is 21.8 Å². The van der Waals surface area contributed by atoms with Crippen LogP contribution in [0.3, 0.4) is 0 Å². The van der Waals surface area contributed by atoms with Crippen LogP contribution in [0, 0.1) is 0 Å². The maximum absolute atomic E-state index is 2.51. The molecule has 0 N–H and O–H groups in total. The van der Waals surface area contributed by atoms with Crippen LogP contribution in [0.2, 0.25) is 0 Å². The zero-order valence-corrected chi connectivity index (χ0v) is 16.7. The molecule has 1 heterocycles. The molecule has 1 heteroatoms. The monoisotopic (exact) mass is 373 g/mol. The van der Waals surface area contributed by atoms with E-state index < -0.39 is 0 Å². The van der Waals surface area contributed by atoms with Crippen molar-refractivity contribution in [3.05, 3.63) is 107 Å². The van der Waals surface area contributed by atoms with E-state index in [0.29, 0.717) is 0 Å². The standard InChI is InChI=1S/C28H23N/c1-2-19-10-8-16-26-28(19)24-14-5-6-15-25(24)29(26)18-22-12-7-11-21-17-20-9-3-4-13-23(20)27(21)22/h3-16H,2,17-18H2,1H3. The molecule has 6 rings (SSSR count). The Kier molecular flexibility index (Phi) is 3.64. The average molecular weight is 373 g/mol. The molecule has 0 radical (unpaired) electrons. The molecule has 0 fully saturated rings. The van der Waals surface area contributed by atoms with Crippen LogP contribution in [-0.4, -0.2) is 4.57 Å². The van der Waals surface area contributed by atoms with Crippen LogP contribution in [-0.2, 0) is 19.4 Å². The number of hydrogen-bond acceptors (Lipinski definition) is 0. The highest BCUT2D eigenvalue weighted by Gasteiger charge is 2.22. The number of hydrogen-bond donors (Lipinski definition) is 0. The van der Waals surface area contributed by atoms with E-state index in [4.69, 9.17) is 0 Å². The zero-order valence-electron chi connectivity index (χ0n) is 16.7. The Morgan fingerprint density at radius 2 is 1.41 bits per heavy atom. The van der Waals surface area contributed by atoms with Crippen molar-refractivity contribution in [2.45, 2.75) is 26.3 Å². The quantitative estimate of drug-likeness (QED) is 0.315. The lowest BCUT2D eigenvalue weighted by atomic mass is 9.99. The molecular weight excluding hydrogens is 350 g/mol. The average Bonchev–Trinajstić information content (AvgIpc) is 3.30. The van der Waals surface area contributed by atoms with E-state index >= 15 is 0 Å². The van der Waals surface area contributed by atoms with Crippen molar-refractivity contribution < 1.29 is 0 Å². The Hall–Kier alpha value is -3.32. The Morgan fingerprint density at radius 1 is 0.690 bits per heavy atom. The first-order valence-corrected chi connectivity index (χ1v) is 10.5. The van der Waals surface area contributed by atoms with Crippen LogP contribution in [0.15, 0.2) is 84.9 Å². The summed E-state index contributed by atoms with van der Waals surface area (Å²) >= 11 is 0. The first kappa shape index (κ1) is 16.6. The molecule has 1 aliphatic rings. The smallest absolute Gasteiger partial charge is 0.0497 e. The second-order valence-corrected chi connectivity index (χ2v) is 8.05. The lowest BCUT2D eigenvalue weighted by Gasteiger charge is -2.13. The third kappa shape index (κ3) is 2.40. The Labute approximate surface area is 171 Å². The number of aryl methyl sites for hydroxylation is 1. The van der Waals surface area contributed by atoms with E-state index in [-0.39, 0.29) is 0 Å². The minimum absolute atomic E-state index is 0.898. The van der Waals surface area contributed by atoms with Gasteiger partial charge in [-0.05, 0) is 58.4 Å². The summed E-state index contributed by atoms with van der Waals surface area (Å²) in [6, 6.07) is 31.3. The lowest BCUT2D eigenvalue weighted by Crippen LogP contribution is -2.01. The fraction of sp³-hybridized carbons (Fsp3) is 0.143. The molecule has 5 aromatic rings. The van der Waals surface area contributed by atoms with Gasteiger partial charge >= 0.3 is 0 Å². The van der Waals surface area contributed by atoms with Crippen LogP contribution in [0.1, 0.15) is 29.2 Å². The van der Waals surface area contributed by atoms with Gasteiger partial charge in [-0.3, -0.25) is 0 Å². The van der Waals surface area contributed by atoms with Crippen molar-refractivity contribution in [2.75, 3.05) is 0 Å². The number of aromatic nitrogens is 1. The first-order chi connectivity index (χ1) is 14.3. The van der Waals surface area contributed by atoms with Gasteiger partial charge in [0.25, 0.3) is 0 Å². The van der Waals surface area contributed by atoms with Crippen molar-refractivity contribution in [1.82, 2.24) is 4.57 Å². The molecular formula is C28H23N. The Balaban J connectivity index is 1.60. The second-order valence-electron chi connectivity index (χ2n) is 8.05. The van der Waals surface area contributed by atoms with Crippen molar-refractivity contribution in [2.24, 2.45) is 0 Å². The highest BCUT2D eigenvalue weighted by Crippen LogP contribution is 2.40. The highest BCUT2D eigenvalue weighted by molar-refractivity contribution is 6.09. The summed E-state index contributed by atoms with van der Waals surface area (Å²) in [5, 5.41) is 2.78. The van der Waals surface area contributed by atoms with Gasteiger partial charge in [0.2, 0.25) is 0 Å². The number of benzene rings is 4. The van der Waals surface area contributed by atoms with E-state index in [1.807, 2.05) is 0 Å². The van der Waals surface area contributed by atoms with Gasteiger partial charge in [0.15, 0.2) is 0 Å². The normalized spacial score (nSPS) is 12.4. The van der Waals surface area contributed by atoms with E-state index in [2.05, 4.69) is 96.4 Å². The van der Waals surface area contributed by atoms with Gasteiger partial charge < -0.3 is 4.57 Å². The van der Waals surface area contributed by atoms with Gasteiger partial charge in [0, 0.05) is 28.4 Å². The first-order valence-electron chi connectivity index (χ1n) is 10.5. The number of fused-ring (bicyclic) bond motifs is 6. The Morgan fingerprint density at radius 3 is 2.34 bits per heavy atom. The summed E-state index contributed by atoms with van der Waals surface area (Å²) < 4.78 is 2.51. The lowest BCUT2D eigenvalue weighted by molar-refractivity contribution is 0.869. The summed E-state index contributed by atoms with van der Waals surface area (Å²) in [4.78, 5) is 0. The van der Waals surface area contributed by atoms with Crippen LogP contribution >= 0.6 is 0 Å². The number of para-hydroxylation sites is 1. The summed E-state index contributed by atoms with van der Waals surface area (Å²) in [5.74, 6) is 0. The SMILES string of the molecule is CCc1cccc2c1c1ccccc1n2Cc1cccc2c1-c1ccccc1C2. The van der Waals surface area contributed by atoms with Crippen LogP contribution in [0.4, 0.5) is 0 Å². The molecule has 140 valence electrons. The van der Waals surface area contributed by atoms with Crippen molar-refractivity contribution in [3.8, 4) is 11.1 Å². The topological polar surface area (TPSA) is 4.93 Å². The fourth-order valence-electron chi connectivity index (χ4n) is 5.21. The molecule has 1 aromatic heterocycles. The van der Waals surface area contributed by atoms with Gasteiger partial charge in [-0.2, -0.15) is 0 Å². The highest BCUT2D eigenvalue weighted by atomic mass is 15.0. The van der Waals surface area contributed by atoms with Gasteiger partial charge in [-0.1, -0.05) is 79.7 Å². The van der Waals surface area contributed by atoms with Gasteiger partial charge in [0.05, 0.1) is 0 Å². The van der Waals surface area contributed by atoms with E-state index in [9.17, 15) is 0 Å². The molecule has 0 amide bonds. The van der Waals surface area contributed by atoms with Gasteiger partial charge in [0.1, 0.15) is 0 Å². The van der Waals surface area contributed by atoms with Gasteiger partial charge in [-0.15, -0.1) is 0 Å². The maximum Gasteiger partial charge on any atom is 0.0497 e. The molecule has 0 bridgehead atoms. The van der Waals surface area contributed by atoms with Crippen LogP contribution < -0.4 is 0 Å². The third-order valence-electron chi connectivity index (χ3n) is 6.50. The summed E-state index contributed by atoms with van der Waals surface area (Å²) in [5.41, 5.74) is 11.3. The number of rotatable bonds is 3.